The molecule has 4 N–H and O–H groups in total. The van der Waals surface area contributed by atoms with Crippen LogP contribution in [-0.4, -0.2) is 28.6 Å². The predicted molar refractivity (Wildman–Crippen MR) is 108 cm³/mol. The first-order chi connectivity index (χ1) is 13.1. The van der Waals surface area contributed by atoms with Crippen molar-refractivity contribution < 1.29 is 14.7 Å². The summed E-state index contributed by atoms with van der Waals surface area (Å²) in [6.45, 7) is 11.7. The maximum atomic E-state index is 12.6. The summed E-state index contributed by atoms with van der Waals surface area (Å²) in [5, 5.41) is 13.6. The highest BCUT2D eigenvalue weighted by Crippen LogP contribution is 2.33. The second-order valence-electron chi connectivity index (χ2n) is 6.72. The van der Waals surface area contributed by atoms with Gasteiger partial charge in [0.1, 0.15) is 6.04 Å². The zero-order chi connectivity index (χ0) is 20.9. The molecule has 0 radical (unpaired) electrons. The summed E-state index contributed by atoms with van der Waals surface area (Å²) in [5.74, 6) is -1.12. The Morgan fingerprint density at radius 1 is 1.14 bits per heavy atom. The molecule has 0 spiro atoms. The van der Waals surface area contributed by atoms with Crippen molar-refractivity contribution in [2.45, 2.75) is 32.4 Å². The van der Waals surface area contributed by atoms with E-state index in [9.17, 15) is 14.7 Å². The summed E-state index contributed by atoms with van der Waals surface area (Å²) in [6.07, 6.45) is 0. The van der Waals surface area contributed by atoms with Gasteiger partial charge in [0.15, 0.2) is 0 Å². The summed E-state index contributed by atoms with van der Waals surface area (Å²) in [5.41, 5.74) is 4.94. The average molecular weight is 401 g/mol. The lowest BCUT2D eigenvalue weighted by atomic mass is 9.97. The second kappa shape index (κ2) is 8.74. The molecule has 0 aliphatic heterocycles. The van der Waals surface area contributed by atoms with E-state index in [1.807, 2.05) is 0 Å². The summed E-state index contributed by atoms with van der Waals surface area (Å²) in [4.78, 5) is 28.0. The number of nitrogens with one attached hydrogen (secondary N) is 3. The van der Waals surface area contributed by atoms with E-state index in [4.69, 9.17) is 18.2 Å². The number of halogens is 1. The van der Waals surface area contributed by atoms with Crippen molar-refractivity contribution in [3.8, 4) is 0 Å². The molecule has 0 heterocycles. The van der Waals surface area contributed by atoms with Crippen LogP contribution in [0.5, 0.6) is 0 Å². The Morgan fingerprint density at radius 3 is 2.36 bits per heavy atom. The first-order valence-corrected chi connectivity index (χ1v) is 8.83. The lowest BCUT2D eigenvalue weighted by Gasteiger charge is -2.30. The van der Waals surface area contributed by atoms with Crippen LogP contribution in [0.1, 0.15) is 29.8 Å². The minimum atomic E-state index is -1.46. The number of benzene rings is 2. The first-order valence-electron chi connectivity index (χ1n) is 8.46. The summed E-state index contributed by atoms with van der Waals surface area (Å²) < 4.78 is 0. The van der Waals surface area contributed by atoms with Crippen molar-refractivity contribution in [2.75, 3.05) is 5.32 Å². The van der Waals surface area contributed by atoms with Gasteiger partial charge in [0, 0.05) is 11.3 Å². The number of hydrogen-bond donors (Lipinski definition) is 4. The van der Waals surface area contributed by atoms with Crippen LogP contribution in [-0.2, 0) is 4.79 Å². The van der Waals surface area contributed by atoms with E-state index >= 15 is 0 Å². The minimum absolute atomic E-state index is 0.271. The zero-order valence-electron chi connectivity index (χ0n) is 15.7. The van der Waals surface area contributed by atoms with Crippen molar-refractivity contribution in [3.63, 3.8) is 0 Å². The monoisotopic (exact) mass is 400 g/mol. The maximum absolute atomic E-state index is 12.6. The number of carbonyl (C=O) groups excluding carboxylic acids is 2. The lowest BCUT2D eigenvalue weighted by Crippen LogP contribution is -2.56. The van der Waals surface area contributed by atoms with E-state index in [2.05, 4.69) is 21.0 Å². The van der Waals surface area contributed by atoms with Crippen LogP contribution in [0, 0.1) is 13.5 Å². The molecular formula is C20H21ClN4O3. The van der Waals surface area contributed by atoms with Crippen LogP contribution >= 0.6 is 11.6 Å². The van der Waals surface area contributed by atoms with Gasteiger partial charge in [-0.3, -0.25) is 20.4 Å². The molecule has 0 fully saturated rings. The van der Waals surface area contributed by atoms with Gasteiger partial charge < -0.3 is 10.4 Å². The molecule has 7 nitrogen and oxygen atoms in total. The third-order valence-corrected chi connectivity index (χ3v) is 4.57. The molecule has 2 rings (SSSR count). The third kappa shape index (κ3) is 5.00. The Balaban J connectivity index is 2.16. The normalized spacial score (nSPS) is 11.9. The van der Waals surface area contributed by atoms with E-state index in [-0.39, 0.29) is 5.02 Å². The molecule has 0 aliphatic rings. The number of aliphatic hydroxyl groups is 1. The minimum Gasteiger partial charge on any atom is -0.388 e. The molecule has 0 aromatic heterocycles. The Labute approximate surface area is 168 Å². The Morgan fingerprint density at radius 2 is 1.79 bits per heavy atom. The van der Waals surface area contributed by atoms with Gasteiger partial charge in [-0.2, -0.15) is 0 Å². The van der Waals surface area contributed by atoms with Gasteiger partial charge in [-0.25, -0.2) is 4.85 Å². The van der Waals surface area contributed by atoms with Gasteiger partial charge >= 0.3 is 0 Å². The van der Waals surface area contributed by atoms with Gasteiger partial charge in [0.05, 0.1) is 17.2 Å². The highest BCUT2D eigenvalue weighted by Gasteiger charge is 2.34. The molecule has 0 aliphatic carbocycles. The van der Waals surface area contributed by atoms with E-state index in [1.165, 1.54) is 19.9 Å². The predicted octanol–water partition coefficient (Wildman–Crippen LogP) is 3.21. The maximum Gasteiger partial charge on any atom is 0.269 e. The van der Waals surface area contributed by atoms with Crippen molar-refractivity contribution in [1.29, 1.82) is 0 Å². The standard InChI is InChI=1S/C20H21ClN4O3/c1-12-14(10-11-15(22-4)16(12)21)23-17(20(2,3)28)19(27)25-24-18(26)13-8-6-5-7-9-13/h5-11,17,23,28H,1-3H3,(H,24,26)(H,25,27)/t17-/m0/s1. The van der Waals surface area contributed by atoms with Crippen molar-refractivity contribution in [3.05, 3.63) is 70.0 Å². The number of amides is 2. The van der Waals surface area contributed by atoms with E-state index in [1.54, 1.807) is 43.3 Å². The van der Waals surface area contributed by atoms with Crippen molar-refractivity contribution in [2.24, 2.45) is 0 Å². The second-order valence-corrected chi connectivity index (χ2v) is 7.10. The van der Waals surface area contributed by atoms with Crippen LogP contribution in [0.2, 0.25) is 5.02 Å². The van der Waals surface area contributed by atoms with E-state index in [0.717, 1.165) is 0 Å². The number of anilines is 1. The molecule has 0 unspecified atom stereocenters. The molecule has 1 atom stereocenters. The number of rotatable bonds is 5. The number of hydrazine groups is 1. The van der Waals surface area contributed by atoms with E-state index in [0.29, 0.717) is 22.5 Å². The largest absolute Gasteiger partial charge is 0.388 e. The zero-order valence-corrected chi connectivity index (χ0v) is 16.5. The van der Waals surface area contributed by atoms with Gasteiger partial charge in [-0.15, -0.1) is 0 Å². The van der Waals surface area contributed by atoms with Gasteiger partial charge in [0.2, 0.25) is 5.69 Å². The number of carbonyl (C=O) groups is 2. The molecule has 2 aromatic carbocycles. The highest BCUT2D eigenvalue weighted by molar-refractivity contribution is 6.34. The lowest BCUT2D eigenvalue weighted by molar-refractivity contribution is -0.127. The first kappa shape index (κ1) is 21.2. The fourth-order valence-electron chi connectivity index (χ4n) is 2.48. The molecule has 2 amide bonds. The smallest absolute Gasteiger partial charge is 0.269 e. The van der Waals surface area contributed by atoms with Crippen LogP contribution in [0.25, 0.3) is 4.85 Å². The molecule has 0 saturated carbocycles. The molecule has 146 valence electrons. The molecule has 0 saturated heterocycles. The Kier molecular flexibility index (Phi) is 6.62. The Bertz CT molecular complexity index is 918. The topological polar surface area (TPSA) is 94.8 Å². The van der Waals surface area contributed by atoms with Gasteiger partial charge in [0.25, 0.3) is 11.8 Å². The molecule has 28 heavy (non-hydrogen) atoms. The molecule has 2 aromatic rings. The number of nitrogens with zero attached hydrogens (tertiary/aromatic N) is 1. The van der Waals surface area contributed by atoms with Gasteiger partial charge in [-0.05, 0) is 44.5 Å². The summed E-state index contributed by atoms with van der Waals surface area (Å²) >= 11 is 6.17. The number of hydrogen-bond acceptors (Lipinski definition) is 4. The SMILES string of the molecule is [C-]#[N+]c1ccc(N[C@@H](C(=O)NNC(=O)c2ccccc2)C(C)(C)O)c(C)c1Cl. The van der Waals surface area contributed by atoms with Crippen LogP contribution < -0.4 is 16.2 Å². The van der Waals surface area contributed by atoms with Crippen LogP contribution in [0.4, 0.5) is 11.4 Å². The molecular weight excluding hydrogens is 380 g/mol. The quantitative estimate of drug-likeness (QED) is 0.458. The van der Waals surface area contributed by atoms with E-state index < -0.39 is 23.5 Å². The van der Waals surface area contributed by atoms with Crippen LogP contribution in [0.3, 0.4) is 0 Å². The van der Waals surface area contributed by atoms with Crippen LogP contribution in [0.15, 0.2) is 42.5 Å². The summed E-state index contributed by atoms with van der Waals surface area (Å²) in [6, 6.07) is 10.4. The molecule has 8 heteroatoms. The fraction of sp³-hybridized carbons (Fsp3) is 0.250. The molecule has 0 bridgehead atoms. The van der Waals surface area contributed by atoms with Crippen molar-refractivity contribution >= 4 is 34.8 Å². The van der Waals surface area contributed by atoms with Gasteiger partial charge in [-0.1, -0.05) is 35.9 Å². The highest BCUT2D eigenvalue weighted by atomic mass is 35.5. The van der Waals surface area contributed by atoms with Crippen molar-refractivity contribution in [1.82, 2.24) is 10.9 Å². The third-order valence-electron chi connectivity index (χ3n) is 4.09. The summed E-state index contributed by atoms with van der Waals surface area (Å²) in [7, 11) is 0. The fourth-order valence-corrected chi connectivity index (χ4v) is 2.69. The Hall–Kier alpha value is -3.08. The average Bonchev–Trinajstić information content (AvgIpc) is 2.66.